The lowest BCUT2D eigenvalue weighted by Gasteiger charge is -2.34. The fourth-order valence-corrected chi connectivity index (χ4v) is 4.11. The lowest BCUT2D eigenvalue weighted by molar-refractivity contribution is 0.130. The van der Waals surface area contributed by atoms with Crippen molar-refractivity contribution in [2.75, 3.05) is 39.3 Å². The molecule has 0 bridgehead atoms. The van der Waals surface area contributed by atoms with E-state index >= 15 is 0 Å². The minimum absolute atomic E-state index is 0.139. The predicted molar refractivity (Wildman–Crippen MR) is 109 cm³/mol. The van der Waals surface area contributed by atoms with Crippen molar-refractivity contribution in [3.8, 4) is 0 Å². The van der Waals surface area contributed by atoms with Crippen molar-refractivity contribution in [2.24, 2.45) is 0 Å². The van der Waals surface area contributed by atoms with Gasteiger partial charge in [0.05, 0.1) is 11.0 Å². The molecule has 2 aromatic carbocycles. The standard InChI is InChI=1S/C22H27N3O/c1-2-11-23-12-14-24(15-13-23)16-17-25-20-9-5-3-7-18(20)22(26)19-8-4-6-10-21(19)25/h3-10H,2,11-17H2,1H3. The van der Waals surface area contributed by atoms with Gasteiger partial charge in [0.25, 0.3) is 0 Å². The normalized spacial score (nSPS) is 16.5. The Balaban J connectivity index is 1.62. The zero-order valence-electron chi connectivity index (χ0n) is 15.5. The third-order valence-corrected chi connectivity index (χ3v) is 5.52. The highest BCUT2D eigenvalue weighted by atomic mass is 16.1. The largest absolute Gasteiger partial charge is 0.339 e. The number of hydrogen-bond donors (Lipinski definition) is 0. The average molecular weight is 349 g/mol. The van der Waals surface area contributed by atoms with Gasteiger partial charge in [0, 0.05) is 50.0 Å². The second-order valence-corrected chi connectivity index (χ2v) is 7.20. The maximum atomic E-state index is 12.8. The fraction of sp³-hybridized carbons (Fsp3) is 0.409. The van der Waals surface area contributed by atoms with Gasteiger partial charge < -0.3 is 9.47 Å². The molecule has 0 unspecified atom stereocenters. The minimum atomic E-state index is 0.139. The molecular weight excluding hydrogens is 322 g/mol. The zero-order chi connectivity index (χ0) is 17.9. The van der Waals surface area contributed by atoms with Crippen LogP contribution in [0, 0.1) is 0 Å². The molecule has 3 aromatic rings. The Bertz CT molecular complexity index is 894. The SMILES string of the molecule is CCCN1CCN(CCn2c3ccccc3c(=O)c3ccccc32)CC1. The Labute approximate surface area is 154 Å². The van der Waals surface area contributed by atoms with Crippen LogP contribution in [-0.4, -0.2) is 53.6 Å². The average Bonchev–Trinajstić information content (AvgIpc) is 2.69. The van der Waals surface area contributed by atoms with Crippen LogP contribution >= 0.6 is 0 Å². The summed E-state index contributed by atoms with van der Waals surface area (Å²) in [5.41, 5.74) is 2.22. The van der Waals surface area contributed by atoms with E-state index < -0.39 is 0 Å². The van der Waals surface area contributed by atoms with E-state index in [0.717, 1.165) is 48.0 Å². The molecule has 1 aliphatic heterocycles. The van der Waals surface area contributed by atoms with Gasteiger partial charge in [0.2, 0.25) is 0 Å². The highest BCUT2D eigenvalue weighted by molar-refractivity contribution is 5.93. The van der Waals surface area contributed by atoms with E-state index in [0.29, 0.717) is 0 Å². The van der Waals surface area contributed by atoms with Crippen molar-refractivity contribution in [2.45, 2.75) is 19.9 Å². The quantitative estimate of drug-likeness (QED) is 0.663. The van der Waals surface area contributed by atoms with Crippen LogP contribution in [0.4, 0.5) is 0 Å². The molecular formula is C22H27N3O. The number of piperazine rings is 1. The molecule has 0 saturated carbocycles. The Kier molecular flexibility index (Phi) is 5.05. The summed E-state index contributed by atoms with van der Waals surface area (Å²) >= 11 is 0. The number of benzene rings is 2. The van der Waals surface area contributed by atoms with Crippen molar-refractivity contribution in [1.82, 2.24) is 14.4 Å². The van der Waals surface area contributed by atoms with Gasteiger partial charge in [-0.2, -0.15) is 0 Å². The van der Waals surface area contributed by atoms with E-state index in [4.69, 9.17) is 0 Å². The van der Waals surface area contributed by atoms with Crippen LogP contribution in [-0.2, 0) is 6.54 Å². The molecule has 1 saturated heterocycles. The third kappa shape index (κ3) is 3.27. The molecule has 0 N–H and O–H groups in total. The summed E-state index contributed by atoms with van der Waals surface area (Å²) in [5.74, 6) is 0. The van der Waals surface area contributed by atoms with E-state index in [1.54, 1.807) is 0 Å². The Morgan fingerprint density at radius 1 is 0.731 bits per heavy atom. The molecule has 0 atom stereocenters. The first kappa shape index (κ1) is 17.3. The molecule has 4 rings (SSSR count). The molecule has 26 heavy (non-hydrogen) atoms. The number of hydrogen-bond acceptors (Lipinski definition) is 3. The summed E-state index contributed by atoms with van der Waals surface area (Å²) in [5, 5.41) is 1.64. The van der Waals surface area contributed by atoms with E-state index in [9.17, 15) is 4.79 Å². The summed E-state index contributed by atoms with van der Waals surface area (Å²) in [4.78, 5) is 17.9. The number of rotatable bonds is 5. The van der Waals surface area contributed by atoms with Gasteiger partial charge in [-0.1, -0.05) is 31.2 Å². The molecule has 1 fully saturated rings. The molecule has 0 aliphatic carbocycles. The van der Waals surface area contributed by atoms with Crippen molar-refractivity contribution >= 4 is 21.8 Å². The Morgan fingerprint density at radius 2 is 1.23 bits per heavy atom. The molecule has 0 spiro atoms. The molecule has 1 aliphatic rings. The molecule has 2 heterocycles. The smallest absolute Gasteiger partial charge is 0.197 e. The fourth-order valence-electron chi connectivity index (χ4n) is 4.11. The number of aromatic nitrogens is 1. The first-order valence-corrected chi connectivity index (χ1v) is 9.73. The van der Waals surface area contributed by atoms with Crippen molar-refractivity contribution in [1.29, 1.82) is 0 Å². The zero-order valence-corrected chi connectivity index (χ0v) is 15.5. The van der Waals surface area contributed by atoms with Crippen LogP contribution in [0.25, 0.3) is 21.8 Å². The number of para-hydroxylation sites is 2. The summed E-state index contributed by atoms with van der Waals surface area (Å²) in [6.45, 7) is 10.00. The van der Waals surface area contributed by atoms with Gasteiger partial charge in [0.1, 0.15) is 0 Å². The first-order chi connectivity index (χ1) is 12.8. The third-order valence-electron chi connectivity index (χ3n) is 5.52. The number of fused-ring (bicyclic) bond motifs is 2. The highest BCUT2D eigenvalue weighted by Gasteiger charge is 2.17. The van der Waals surface area contributed by atoms with E-state index in [-0.39, 0.29) is 5.43 Å². The Morgan fingerprint density at radius 3 is 1.77 bits per heavy atom. The lowest BCUT2D eigenvalue weighted by Crippen LogP contribution is -2.47. The highest BCUT2D eigenvalue weighted by Crippen LogP contribution is 2.19. The number of pyridine rings is 1. The molecule has 1 aromatic heterocycles. The van der Waals surface area contributed by atoms with Crippen molar-refractivity contribution in [3.63, 3.8) is 0 Å². The lowest BCUT2D eigenvalue weighted by atomic mass is 10.1. The van der Waals surface area contributed by atoms with Crippen LogP contribution in [0.1, 0.15) is 13.3 Å². The van der Waals surface area contributed by atoms with E-state index in [1.165, 1.54) is 26.1 Å². The van der Waals surface area contributed by atoms with Crippen LogP contribution < -0.4 is 5.43 Å². The van der Waals surface area contributed by atoms with Gasteiger partial charge >= 0.3 is 0 Å². The van der Waals surface area contributed by atoms with Gasteiger partial charge in [0.15, 0.2) is 5.43 Å². The Hall–Kier alpha value is -2.17. The van der Waals surface area contributed by atoms with Crippen LogP contribution in [0.5, 0.6) is 0 Å². The predicted octanol–water partition coefficient (Wildman–Crippen LogP) is 3.18. The summed E-state index contributed by atoms with van der Waals surface area (Å²) < 4.78 is 2.32. The van der Waals surface area contributed by atoms with Crippen molar-refractivity contribution in [3.05, 3.63) is 58.8 Å². The maximum Gasteiger partial charge on any atom is 0.197 e. The van der Waals surface area contributed by atoms with Crippen LogP contribution in [0.2, 0.25) is 0 Å². The summed E-state index contributed by atoms with van der Waals surface area (Å²) in [6, 6.07) is 16.0. The van der Waals surface area contributed by atoms with Gasteiger partial charge in [-0.15, -0.1) is 0 Å². The van der Waals surface area contributed by atoms with E-state index in [2.05, 4.69) is 33.4 Å². The van der Waals surface area contributed by atoms with Gasteiger partial charge in [-0.3, -0.25) is 9.69 Å². The van der Waals surface area contributed by atoms with Crippen molar-refractivity contribution < 1.29 is 0 Å². The summed E-state index contributed by atoms with van der Waals surface area (Å²) in [7, 11) is 0. The summed E-state index contributed by atoms with van der Waals surface area (Å²) in [6.07, 6.45) is 1.23. The second kappa shape index (κ2) is 7.60. The van der Waals surface area contributed by atoms with E-state index in [1.807, 2.05) is 36.4 Å². The molecule has 0 amide bonds. The maximum absolute atomic E-state index is 12.8. The topological polar surface area (TPSA) is 28.5 Å². The number of nitrogens with zero attached hydrogens (tertiary/aromatic N) is 3. The van der Waals surface area contributed by atoms with Gasteiger partial charge in [-0.05, 0) is 37.2 Å². The van der Waals surface area contributed by atoms with Gasteiger partial charge in [-0.25, -0.2) is 0 Å². The molecule has 136 valence electrons. The first-order valence-electron chi connectivity index (χ1n) is 9.73. The monoisotopic (exact) mass is 349 g/mol. The van der Waals surface area contributed by atoms with Crippen LogP contribution in [0.3, 0.4) is 0 Å². The second-order valence-electron chi connectivity index (χ2n) is 7.20. The molecule has 0 radical (unpaired) electrons. The minimum Gasteiger partial charge on any atom is -0.339 e. The molecule has 4 nitrogen and oxygen atoms in total. The van der Waals surface area contributed by atoms with Crippen LogP contribution in [0.15, 0.2) is 53.3 Å². The molecule has 4 heteroatoms.